The second-order valence-electron chi connectivity index (χ2n) is 4.67. The molecule has 0 aliphatic carbocycles. The third-order valence-electron chi connectivity index (χ3n) is 3.21. The normalized spacial score (nSPS) is 45.6. The highest BCUT2D eigenvalue weighted by molar-refractivity contribution is 5.65. The molecule has 2 heterocycles. The second-order valence-corrected chi connectivity index (χ2v) is 4.67. The highest BCUT2D eigenvalue weighted by Gasteiger charge is 2.61. The van der Waals surface area contributed by atoms with Gasteiger partial charge in [0, 0.05) is 7.11 Å². The van der Waals surface area contributed by atoms with Crippen molar-refractivity contribution in [2.75, 3.05) is 7.11 Å². The summed E-state index contributed by atoms with van der Waals surface area (Å²) in [7, 11) is 1.55. The SMILES string of the molecule is CC[C@]1(C=O)O[C@@H]2OC(C)(C)O[C@@H]2[C@@H]1OC. The Bertz CT molecular complexity index is 290. The largest absolute Gasteiger partial charge is 0.375 e. The second kappa shape index (κ2) is 3.77. The number of ether oxygens (including phenoxy) is 4. The van der Waals surface area contributed by atoms with Gasteiger partial charge in [0.1, 0.15) is 12.2 Å². The Hall–Kier alpha value is -0.490. The molecule has 5 heteroatoms. The van der Waals surface area contributed by atoms with Gasteiger partial charge < -0.3 is 23.7 Å². The zero-order valence-electron chi connectivity index (χ0n) is 10.1. The lowest BCUT2D eigenvalue weighted by atomic mass is 9.94. The third kappa shape index (κ3) is 1.59. The summed E-state index contributed by atoms with van der Waals surface area (Å²) in [5, 5.41) is 0. The molecule has 0 unspecified atom stereocenters. The Kier molecular flexibility index (Phi) is 2.82. The van der Waals surface area contributed by atoms with Gasteiger partial charge in [0.05, 0.1) is 0 Å². The summed E-state index contributed by atoms with van der Waals surface area (Å²) in [5.74, 6) is -0.686. The van der Waals surface area contributed by atoms with Crippen LogP contribution >= 0.6 is 0 Å². The molecule has 0 aromatic carbocycles. The summed E-state index contributed by atoms with van der Waals surface area (Å²) in [5.41, 5.74) is -0.944. The van der Waals surface area contributed by atoms with Crippen molar-refractivity contribution < 1.29 is 23.7 Å². The van der Waals surface area contributed by atoms with Crippen LogP contribution in [0.2, 0.25) is 0 Å². The zero-order chi connectivity index (χ0) is 12.0. The van der Waals surface area contributed by atoms with Crippen LogP contribution in [0.1, 0.15) is 27.2 Å². The van der Waals surface area contributed by atoms with Gasteiger partial charge in [-0.1, -0.05) is 6.92 Å². The molecule has 0 aromatic heterocycles. The average molecular weight is 230 g/mol. The van der Waals surface area contributed by atoms with Crippen LogP contribution < -0.4 is 0 Å². The lowest BCUT2D eigenvalue weighted by Crippen LogP contribution is -2.47. The number of aldehydes is 1. The van der Waals surface area contributed by atoms with E-state index in [4.69, 9.17) is 18.9 Å². The minimum atomic E-state index is -0.944. The van der Waals surface area contributed by atoms with Crippen molar-refractivity contribution in [2.24, 2.45) is 0 Å². The number of carbonyl (C=O) groups is 1. The van der Waals surface area contributed by atoms with E-state index in [0.29, 0.717) is 6.42 Å². The average Bonchev–Trinajstić information content (AvgIpc) is 2.66. The van der Waals surface area contributed by atoms with Crippen LogP contribution in [-0.2, 0) is 23.7 Å². The van der Waals surface area contributed by atoms with Gasteiger partial charge in [-0.05, 0) is 20.3 Å². The Morgan fingerprint density at radius 2 is 2.00 bits per heavy atom. The van der Waals surface area contributed by atoms with E-state index in [1.54, 1.807) is 7.11 Å². The molecule has 5 nitrogen and oxygen atoms in total. The fourth-order valence-corrected chi connectivity index (χ4v) is 2.41. The van der Waals surface area contributed by atoms with Gasteiger partial charge in [-0.25, -0.2) is 0 Å². The number of carbonyl (C=O) groups excluding carboxylic acids is 1. The Morgan fingerprint density at radius 3 is 2.50 bits per heavy atom. The number of fused-ring (bicyclic) bond motifs is 1. The van der Waals surface area contributed by atoms with Crippen molar-refractivity contribution >= 4 is 6.29 Å². The molecule has 2 fully saturated rings. The topological polar surface area (TPSA) is 54.0 Å². The molecule has 0 N–H and O–H groups in total. The summed E-state index contributed by atoms with van der Waals surface area (Å²) < 4.78 is 22.3. The van der Waals surface area contributed by atoms with E-state index >= 15 is 0 Å². The van der Waals surface area contributed by atoms with Crippen LogP contribution in [0, 0.1) is 0 Å². The predicted octanol–water partition coefficient (Wildman–Crippen LogP) is 0.857. The Balaban J connectivity index is 2.24. The Labute approximate surface area is 95.0 Å². The van der Waals surface area contributed by atoms with E-state index in [1.807, 2.05) is 20.8 Å². The fourth-order valence-electron chi connectivity index (χ4n) is 2.41. The molecular weight excluding hydrogens is 212 g/mol. The first-order chi connectivity index (χ1) is 7.48. The summed E-state index contributed by atoms with van der Waals surface area (Å²) >= 11 is 0. The van der Waals surface area contributed by atoms with Crippen LogP contribution in [0.25, 0.3) is 0 Å². The van der Waals surface area contributed by atoms with Gasteiger partial charge >= 0.3 is 0 Å². The Morgan fingerprint density at radius 1 is 1.31 bits per heavy atom. The smallest absolute Gasteiger partial charge is 0.191 e. The van der Waals surface area contributed by atoms with E-state index in [2.05, 4.69) is 0 Å². The molecule has 2 rings (SSSR count). The first-order valence-corrected chi connectivity index (χ1v) is 5.50. The number of hydrogen-bond donors (Lipinski definition) is 0. The van der Waals surface area contributed by atoms with Gasteiger partial charge in [-0.15, -0.1) is 0 Å². The highest BCUT2D eigenvalue weighted by Crippen LogP contribution is 2.43. The van der Waals surface area contributed by atoms with Crippen molar-refractivity contribution in [3.05, 3.63) is 0 Å². The molecule has 2 saturated heterocycles. The van der Waals surface area contributed by atoms with Crippen molar-refractivity contribution in [2.45, 2.75) is 57.1 Å². The van der Waals surface area contributed by atoms with Gasteiger partial charge in [-0.3, -0.25) is 0 Å². The minimum Gasteiger partial charge on any atom is -0.375 e. The fraction of sp³-hybridized carbons (Fsp3) is 0.909. The van der Waals surface area contributed by atoms with Crippen molar-refractivity contribution in [1.29, 1.82) is 0 Å². The van der Waals surface area contributed by atoms with E-state index in [0.717, 1.165) is 6.29 Å². The van der Waals surface area contributed by atoms with Gasteiger partial charge in [0.2, 0.25) is 0 Å². The predicted molar refractivity (Wildman–Crippen MR) is 54.8 cm³/mol. The van der Waals surface area contributed by atoms with Gasteiger partial charge in [-0.2, -0.15) is 0 Å². The van der Waals surface area contributed by atoms with Crippen molar-refractivity contribution in [3.8, 4) is 0 Å². The molecule has 0 amide bonds. The highest BCUT2D eigenvalue weighted by atomic mass is 16.8. The molecule has 2 aliphatic rings. The number of rotatable bonds is 3. The molecule has 4 atom stereocenters. The number of hydrogen-bond acceptors (Lipinski definition) is 5. The maximum atomic E-state index is 11.2. The molecule has 2 aliphatic heterocycles. The van der Waals surface area contributed by atoms with Gasteiger partial charge in [0.25, 0.3) is 0 Å². The van der Waals surface area contributed by atoms with Crippen LogP contribution in [0.4, 0.5) is 0 Å². The van der Waals surface area contributed by atoms with E-state index < -0.39 is 23.8 Å². The first-order valence-electron chi connectivity index (χ1n) is 5.50. The van der Waals surface area contributed by atoms with Crippen LogP contribution in [0.5, 0.6) is 0 Å². The van der Waals surface area contributed by atoms with Crippen molar-refractivity contribution in [3.63, 3.8) is 0 Å². The van der Waals surface area contributed by atoms with E-state index in [-0.39, 0.29) is 6.10 Å². The molecule has 0 saturated carbocycles. The maximum absolute atomic E-state index is 11.2. The van der Waals surface area contributed by atoms with Crippen LogP contribution in [0.15, 0.2) is 0 Å². The van der Waals surface area contributed by atoms with E-state index in [1.165, 1.54) is 0 Å². The number of methoxy groups -OCH3 is 1. The molecule has 16 heavy (non-hydrogen) atoms. The maximum Gasteiger partial charge on any atom is 0.191 e. The lowest BCUT2D eigenvalue weighted by Gasteiger charge is -2.30. The van der Waals surface area contributed by atoms with Crippen LogP contribution in [-0.4, -0.2) is 43.3 Å². The first kappa shape index (κ1) is 12.0. The van der Waals surface area contributed by atoms with Gasteiger partial charge in [0.15, 0.2) is 24.0 Å². The molecule has 92 valence electrons. The molecule has 0 spiro atoms. The van der Waals surface area contributed by atoms with E-state index in [9.17, 15) is 4.79 Å². The van der Waals surface area contributed by atoms with Crippen LogP contribution in [0.3, 0.4) is 0 Å². The van der Waals surface area contributed by atoms with Crippen molar-refractivity contribution in [1.82, 2.24) is 0 Å². The summed E-state index contributed by atoms with van der Waals surface area (Å²) in [6, 6.07) is 0. The summed E-state index contributed by atoms with van der Waals surface area (Å²) in [6.45, 7) is 5.51. The summed E-state index contributed by atoms with van der Waals surface area (Å²) in [6.07, 6.45) is 0.0472. The molecule has 0 radical (unpaired) electrons. The summed E-state index contributed by atoms with van der Waals surface area (Å²) in [4.78, 5) is 11.2. The zero-order valence-corrected chi connectivity index (χ0v) is 10.1. The quantitative estimate of drug-likeness (QED) is 0.673. The molecule has 0 bridgehead atoms. The standard InChI is InChI=1S/C11H18O5/c1-5-11(6-12)8(13-4)7-9(16-11)15-10(2,3)14-7/h6-9H,5H2,1-4H3/t7-,8+,9+,11-/m1/s1. The monoisotopic (exact) mass is 230 g/mol. The minimum absolute atomic E-state index is 0.342. The molecule has 0 aromatic rings. The lowest BCUT2D eigenvalue weighted by molar-refractivity contribution is -0.235. The molecular formula is C11H18O5. The third-order valence-corrected chi connectivity index (χ3v) is 3.21.